The van der Waals surface area contributed by atoms with Crippen molar-refractivity contribution < 1.29 is 23.1 Å². The molecule has 3 N–H and O–H groups in total. The van der Waals surface area contributed by atoms with E-state index in [1.165, 1.54) is 6.33 Å². The van der Waals surface area contributed by atoms with Crippen molar-refractivity contribution in [2.75, 3.05) is 6.61 Å². The number of nitrogens with zero attached hydrogens (tertiary/aromatic N) is 2. The number of amides is 2. The second kappa shape index (κ2) is 10.7. The molecule has 3 aromatic rings. The Morgan fingerprint density at radius 2 is 1.92 bits per heavy atom. The van der Waals surface area contributed by atoms with Crippen molar-refractivity contribution in [3.8, 4) is 17.0 Å². The van der Waals surface area contributed by atoms with E-state index in [4.69, 9.17) is 4.74 Å². The SMILES string of the molecule is CCC(=O)N[C@H]1CC[C@H](NC(=O)c2c(C)[nH]c3c(-c4c(OCC5CC5)ccc(C)c4F)ncnc23)C[C@H]1F. The molecule has 202 valence electrons. The van der Waals surface area contributed by atoms with Crippen molar-refractivity contribution in [3.63, 3.8) is 0 Å². The van der Waals surface area contributed by atoms with Gasteiger partial charge in [-0.15, -0.1) is 0 Å². The number of aromatic amines is 1. The molecule has 1 aromatic carbocycles. The van der Waals surface area contributed by atoms with Crippen LogP contribution in [0, 0.1) is 25.6 Å². The molecule has 0 radical (unpaired) electrons. The molecule has 10 heteroatoms. The number of carbonyl (C=O) groups is 2. The summed E-state index contributed by atoms with van der Waals surface area (Å²) in [5, 5.41) is 5.65. The molecule has 2 amide bonds. The van der Waals surface area contributed by atoms with Crippen LogP contribution < -0.4 is 15.4 Å². The first-order valence-electron chi connectivity index (χ1n) is 13.3. The standard InChI is InChI=1S/C28H33F2N5O3/c1-4-21(36)35-19-9-8-17(11-18(19)29)34-28(37)22-15(3)33-27-25(22)31-13-32-26(27)23-20(38-12-16-6-7-16)10-5-14(2)24(23)30/h5,10,13,16-19,33H,4,6-9,11-12H2,1-3H3,(H,34,37)(H,35,36)/t17-,18+,19-/m0/s1. The number of carbonyl (C=O) groups excluding carboxylic acids is 2. The lowest BCUT2D eigenvalue weighted by molar-refractivity contribution is -0.122. The molecule has 2 aliphatic rings. The molecule has 2 aliphatic carbocycles. The van der Waals surface area contributed by atoms with Gasteiger partial charge in [-0.05, 0) is 57.1 Å². The molecule has 38 heavy (non-hydrogen) atoms. The lowest BCUT2D eigenvalue weighted by atomic mass is 9.89. The molecular formula is C28H33F2N5O3. The molecular weight excluding hydrogens is 492 g/mol. The van der Waals surface area contributed by atoms with Gasteiger partial charge in [-0.1, -0.05) is 13.0 Å². The van der Waals surface area contributed by atoms with Crippen molar-refractivity contribution in [1.29, 1.82) is 0 Å². The first kappa shape index (κ1) is 26.1. The van der Waals surface area contributed by atoms with Crippen molar-refractivity contribution in [1.82, 2.24) is 25.6 Å². The summed E-state index contributed by atoms with van der Waals surface area (Å²) >= 11 is 0. The van der Waals surface area contributed by atoms with Crippen molar-refractivity contribution in [2.45, 2.75) is 77.6 Å². The van der Waals surface area contributed by atoms with Gasteiger partial charge < -0.3 is 20.4 Å². The summed E-state index contributed by atoms with van der Waals surface area (Å²) in [7, 11) is 0. The van der Waals surface area contributed by atoms with E-state index in [-0.39, 0.29) is 29.8 Å². The highest BCUT2D eigenvalue weighted by atomic mass is 19.1. The van der Waals surface area contributed by atoms with E-state index in [2.05, 4.69) is 25.6 Å². The topological polar surface area (TPSA) is 109 Å². The van der Waals surface area contributed by atoms with E-state index in [1.54, 1.807) is 32.9 Å². The Bertz CT molecular complexity index is 1370. The number of hydrogen-bond acceptors (Lipinski definition) is 5. The lowest BCUT2D eigenvalue weighted by Gasteiger charge is -2.32. The van der Waals surface area contributed by atoms with Crippen molar-refractivity contribution >= 4 is 22.8 Å². The number of aryl methyl sites for hydroxylation is 2. The number of fused-ring (bicyclic) bond motifs is 1. The molecule has 0 aliphatic heterocycles. The van der Waals surface area contributed by atoms with E-state index >= 15 is 4.39 Å². The number of benzene rings is 1. The highest BCUT2D eigenvalue weighted by Crippen LogP contribution is 2.39. The van der Waals surface area contributed by atoms with Crippen LogP contribution in [0.25, 0.3) is 22.3 Å². The largest absolute Gasteiger partial charge is 0.492 e. The fourth-order valence-corrected chi connectivity index (χ4v) is 5.06. The van der Waals surface area contributed by atoms with Crippen LogP contribution in [0.5, 0.6) is 5.75 Å². The third-order valence-corrected chi connectivity index (χ3v) is 7.48. The minimum atomic E-state index is -1.25. The summed E-state index contributed by atoms with van der Waals surface area (Å²) in [6.07, 6.45) is 3.66. The van der Waals surface area contributed by atoms with Crippen LogP contribution in [0.2, 0.25) is 0 Å². The summed E-state index contributed by atoms with van der Waals surface area (Å²) in [5.74, 6) is -0.114. The van der Waals surface area contributed by atoms with E-state index in [1.807, 2.05) is 0 Å². The van der Waals surface area contributed by atoms with Crippen LogP contribution >= 0.6 is 0 Å². The van der Waals surface area contributed by atoms with Crippen molar-refractivity contribution in [3.05, 3.63) is 41.1 Å². The average Bonchev–Trinajstić information content (AvgIpc) is 3.66. The van der Waals surface area contributed by atoms with E-state index in [9.17, 15) is 14.0 Å². The monoisotopic (exact) mass is 525 g/mol. The van der Waals surface area contributed by atoms with Crippen LogP contribution in [-0.2, 0) is 4.79 Å². The summed E-state index contributed by atoms with van der Waals surface area (Å²) < 4.78 is 36.2. The maximum atomic E-state index is 15.5. The molecule has 2 saturated carbocycles. The number of hydrogen-bond donors (Lipinski definition) is 3. The molecule has 3 atom stereocenters. The molecule has 0 spiro atoms. The third kappa shape index (κ3) is 5.21. The molecule has 0 unspecified atom stereocenters. The number of ether oxygens (including phenoxy) is 1. The molecule has 2 fully saturated rings. The van der Waals surface area contributed by atoms with Crippen LogP contribution in [0.3, 0.4) is 0 Å². The Balaban J connectivity index is 1.41. The zero-order chi connectivity index (χ0) is 27.0. The van der Waals surface area contributed by atoms with Crippen LogP contribution in [0.4, 0.5) is 8.78 Å². The second-order valence-electron chi connectivity index (χ2n) is 10.4. The quantitative estimate of drug-likeness (QED) is 0.396. The Kier molecular flexibility index (Phi) is 7.32. The molecule has 2 aromatic heterocycles. The predicted octanol–water partition coefficient (Wildman–Crippen LogP) is 4.68. The fraction of sp³-hybridized carbons (Fsp3) is 0.500. The van der Waals surface area contributed by atoms with Gasteiger partial charge in [0.2, 0.25) is 5.91 Å². The van der Waals surface area contributed by atoms with Gasteiger partial charge in [0.15, 0.2) is 0 Å². The normalized spacial score (nSPS) is 21.3. The Morgan fingerprint density at radius 1 is 1.13 bits per heavy atom. The van der Waals surface area contributed by atoms with Gasteiger partial charge in [0.1, 0.15) is 35.3 Å². The summed E-state index contributed by atoms with van der Waals surface area (Å²) in [6.45, 7) is 5.66. The Hall–Kier alpha value is -3.56. The number of halogens is 2. The first-order chi connectivity index (χ1) is 18.3. The smallest absolute Gasteiger partial charge is 0.255 e. The minimum Gasteiger partial charge on any atom is -0.492 e. The lowest BCUT2D eigenvalue weighted by Crippen LogP contribution is -2.49. The van der Waals surface area contributed by atoms with Gasteiger partial charge in [-0.2, -0.15) is 0 Å². The zero-order valence-corrected chi connectivity index (χ0v) is 21.9. The highest BCUT2D eigenvalue weighted by Gasteiger charge is 2.33. The van der Waals surface area contributed by atoms with E-state index in [0.29, 0.717) is 71.1 Å². The van der Waals surface area contributed by atoms with Crippen LogP contribution in [-0.4, -0.2) is 51.6 Å². The molecule has 8 nitrogen and oxygen atoms in total. The summed E-state index contributed by atoms with van der Waals surface area (Å²) in [5.41, 5.74) is 2.67. The number of H-pyrrole nitrogens is 1. The van der Waals surface area contributed by atoms with E-state index in [0.717, 1.165) is 12.8 Å². The third-order valence-electron chi connectivity index (χ3n) is 7.48. The minimum absolute atomic E-state index is 0.109. The Labute approximate surface area is 220 Å². The fourth-order valence-electron chi connectivity index (χ4n) is 5.06. The van der Waals surface area contributed by atoms with Crippen LogP contribution in [0.1, 0.15) is 67.1 Å². The number of rotatable bonds is 8. The maximum absolute atomic E-state index is 15.5. The molecule has 2 heterocycles. The predicted molar refractivity (Wildman–Crippen MR) is 139 cm³/mol. The molecule has 5 rings (SSSR count). The van der Waals surface area contributed by atoms with Crippen molar-refractivity contribution in [2.24, 2.45) is 5.92 Å². The second-order valence-corrected chi connectivity index (χ2v) is 10.4. The van der Waals surface area contributed by atoms with Crippen LogP contribution in [0.15, 0.2) is 18.5 Å². The van der Waals surface area contributed by atoms with E-state index < -0.39 is 18.0 Å². The van der Waals surface area contributed by atoms with Gasteiger partial charge in [-0.25, -0.2) is 18.7 Å². The number of aromatic nitrogens is 3. The van der Waals surface area contributed by atoms with Gasteiger partial charge in [0.05, 0.1) is 29.3 Å². The van der Waals surface area contributed by atoms with Gasteiger partial charge >= 0.3 is 0 Å². The molecule has 0 saturated heterocycles. The number of alkyl halides is 1. The first-order valence-corrected chi connectivity index (χ1v) is 13.3. The number of nitrogens with one attached hydrogen (secondary N) is 3. The maximum Gasteiger partial charge on any atom is 0.255 e. The summed E-state index contributed by atoms with van der Waals surface area (Å²) in [6, 6.07) is 2.51. The van der Waals surface area contributed by atoms with Gasteiger partial charge in [-0.3, -0.25) is 9.59 Å². The summed E-state index contributed by atoms with van der Waals surface area (Å²) in [4.78, 5) is 36.9. The molecule has 0 bridgehead atoms. The highest BCUT2D eigenvalue weighted by molar-refractivity contribution is 6.09. The average molecular weight is 526 g/mol. The van der Waals surface area contributed by atoms with Gasteiger partial charge in [0, 0.05) is 24.6 Å². The van der Waals surface area contributed by atoms with Gasteiger partial charge in [0.25, 0.3) is 5.91 Å². The zero-order valence-electron chi connectivity index (χ0n) is 21.9. The Morgan fingerprint density at radius 3 is 2.63 bits per heavy atom.